The summed E-state index contributed by atoms with van der Waals surface area (Å²) in [4.78, 5) is 2.37. The lowest BCUT2D eigenvalue weighted by molar-refractivity contribution is -0.137. The van der Waals surface area contributed by atoms with Crippen LogP contribution in [0.2, 0.25) is 0 Å². The van der Waals surface area contributed by atoms with Gasteiger partial charge in [0.15, 0.2) is 0 Å². The molecule has 0 amide bonds. The van der Waals surface area contributed by atoms with Gasteiger partial charge in [0.1, 0.15) is 0 Å². The molecule has 0 bridgehead atoms. The van der Waals surface area contributed by atoms with Crippen LogP contribution >= 0.6 is 0 Å². The van der Waals surface area contributed by atoms with Crippen LogP contribution in [-0.2, 0) is 0 Å². The molecule has 1 unspecified atom stereocenters. The zero-order valence-corrected chi connectivity index (χ0v) is 12.7. The minimum absolute atomic E-state index is 0.0477. The SMILES string of the molecule is CCC1(C)CN(CCCC(F)(F)F)C2(CCCC2)CN1. The van der Waals surface area contributed by atoms with E-state index in [1.807, 2.05) is 0 Å². The minimum atomic E-state index is -4.02. The van der Waals surface area contributed by atoms with Crippen LogP contribution in [0.1, 0.15) is 58.8 Å². The molecule has 118 valence electrons. The molecule has 1 atom stereocenters. The van der Waals surface area contributed by atoms with Gasteiger partial charge in [0.05, 0.1) is 0 Å². The zero-order valence-electron chi connectivity index (χ0n) is 12.7. The maximum Gasteiger partial charge on any atom is 0.389 e. The molecule has 0 aromatic heterocycles. The van der Waals surface area contributed by atoms with Crippen molar-refractivity contribution in [3.8, 4) is 0 Å². The summed E-state index contributed by atoms with van der Waals surface area (Å²) < 4.78 is 37.1. The Morgan fingerprint density at radius 2 is 1.85 bits per heavy atom. The van der Waals surface area contributed by atoms with Gasteiger partial charge in [-0.15, -0.1) is 0 Å². The van der Waals surface area contributed by atoms with Gasteiger partial charge < -0.3 is 5.32 Å². The molecule has 0 aromatic carbocycles. The van der Waals surface area contributed by atoms with Crippen LogP contribution < -0.4 is 5.32 Å². The molecule has 0 radical (unpaired) electrons. The van der Waals surface area contributed by atoms with Crippen LogP contribution in [0, 0.1) is 0 Å². The summed E-state index contributed by atoms with van der Waals surface area (Å²) in [7, 11) is 0. The first-order valence-corrected chi connectivity index (χ1v) is 7.85. The molecular weight excluding hydrogens is 265 g/mol. The van der Waals surface area contributed by atoms with Gasteiger partial charge in [-0.1, -0.05) is 19.8 Å². The number of hydrogen-bond acceptors (Lipinski definition) is 2. The molecule has 1 saturated heterocycles. The lowest BCUT2D eigenvalue weighted by Crippen LogP contribution is -2.68. The fourth-order valence-electron chi connectivity index (χ4n) is 3.68. The van der Waals surface area contributed by atoms with Crippen molar-refractivity contribution in [3.63, 3.8) is 0 Å². The fourth-order valence-corrected chi connectivity index (χ4v) is 3.68. The van der Waals surface area contributed by atoms with Gasteiger partial charge in [0.2, 0.25) is 0 Å². The molecule has 1 N–H and O–H groups in total. The lowest BCUT2D eigenvalue weighted by atomic mass is 9.85. The van der Waals surface area contributed by atoms with Crippen molar-refractivity contribution in [1.82, 2.24) is 10.2 Å². The second kappa shape index (κ2) is 5.84. The summed E-state index contributed by atoms with van der Waals surface area (Å²) in [5.74, 6) is 0. The van der Waals surface area contributed by atoms with Gasteiger partial charge in [0.25, 0.3) is 0 Å². The molecule has 1 aliphatic carbocycles. The first-order valence-electron chi connectivity index (χ1n) is 7.85. The molecule has 20 heavy (non-hydrogen) atoms. The quantitative estimate of drug-likeness (QED) is 0.849. The molecule has 0 aromatic rings. The number of alkyl halides is 3. The molecule has 1 heterocycles. The summed E-state index contributed by atoms with van der Waals surface area (Å²) >= 11 is 0. The third kappa shape index (κ3) is 3.67. The maximum absolute atomic E-state index is 12.4. The van der Waals surface area contributed by atoms with Crippen molar-refractivity contribution in [2.45, 2.75) is 76.0 Å². The van der Waals surface area contributed by atoms with Crippen LogP contribution in [-0.4, -0.2) is 41.8 Å². The number of rotatable bonds is 4. The average molecular weight is 292 g/mol. The first kappa shape index (κ1) is 16.1. The van der Waals surface area contributed by atoms with Gasteiger partial charge in [0, 0.05) is 30.6 Å². The smallest absolute Gasteiger partial charge is 0.308 e. The van der Waals surface area contributed by atoms with E-state index in [0.717, 1.165) is 32.4 Å². The van der Waals surface area contributed by atoms with Gasteiger partial charge in [-0.2, -0.15) is 13.2 Å². The molecular formula is C15H27F3N2. The molecule has 1 aliphatic heterocycles. The number of piperazine rings is 1. The standard InChI is InChI=1S/C15H27F3N2/c1-3-13(2)12-20(10-6-9-15(16,17)18)14(11-19-13)7-4-5-8-14/h19H,3-12H2,1-2H3. The zero-order chi connectivity index (χ0) is 14.9. The van der Waals surface area contributed by atoms with Crippen molar-refractivity contribution in [2.75, 3.05) is 19.6 Å². The topological polar surface area (TPSA) is 15.3 Å². The summed E-state index contributed by atoms with van der Waals surface area (Å²) in [6, 6.07) is 0. The number of halogens is 3. The minimum Gasteiger partial charge on any atom is -0.308 e. The van der Waals surface area contributed by atoms with E-state index in [0.29, 0.717) is 6.54 Å². The maximum atomic E-state index is 12.4. The predicted octanol–water partition coefficient (Wildman–Crippen LogP) is 3.72. The Labute approximate surface area is 120 Å². The highest BCUT2D eigenvalue weighted by atomic mass is 19.4. The van der Waals surface area contributed by atoms with E-state index in [2.05, 4.69) is 24.1 Å². The number of hydrogen-bond donors (Lipinski definition) is 1. The van der Waals surface area contributed by atoms with Gasteiger partial charge >= 0.3 is 6.18 Å². The number of nitrogens with zero attached hydrogens (tertiary/aromatic N) is 1. The van der Waals surface area contributed by atoms with E-state index in [9.17, 15) is 13.2 Å². The molecule has 2 aliphatic rings. The molecule has 1 spiro atoms. The van der Waals surface area contributed by atoms with Crippen molar-refractivity contribution in [1.29, 1.82) is 0 Å². The molecule has 5 heteroatoms. The Morgan fingerprint density at radius 3 is 2.40 bits per heavy atom. The summed E-state index contributed by atoms with van der Waals surface area (Å²) in [5, 5.41) is 3.65. The Balaban J connectivity index is 1.99. The summed E-state index contributed by atoms with van der Waals surface area (Å²) in [6.45, 7) is 6.72. The largest absolute Gasteiger partial charge is 0.389 e. The van der Waals surface area contributed by atoms with Crippen LogP contribution in [0.3, 0.4) is 0 Å². The predicted molar refractivity (Wildman–Crippen MR) is 74.8 cm³/mol. The summed E-state index contributed by atoms with van der Waals surface area (Å²) in [5.41, 5.74) is 0.173. The van der Waals surface area contributed by atoms with E-state index >= 15 is 0 Å². The monoisotopic (exact) mass is 292 g/mol. The second-order valence-corrected chi connectivity index (χ2v) is 6.84. The van der Waals surface area contributed by atoms with E-state index in [1.165, 1.54) is 12.8 Å². The van der Waals surface area contributed by atoms with E-state index in [4.69, 9.17) is 0 Å². The molecule has 2 rings (SSSR count). The lowest BCUT2D eigenvalue weighted by Gasteiger charge is -2.52. The molecule has 2 nitrogen and oxygen atoms in total. The van der Waals surface area contributed by atoms with Gasteiger partial charge in [-0.25, -0.2) is 0 Å². The first-order chi connectivity index (χ1) is 9.29. The molecule has 2 fully saturated rings. The number of nitrogens with one attached hydrogen (secondary N) is 1. The van der Waals surface area contributed by atoms with E-state index < -0.39 is 12.6 Å². The van der Waals surface area contributed by atoms with Crippen molar-refractivity contribution < 1.29 is 13.2 Å². The Kier molecular flexibility index (Phi) is 4.69. The third-order valence-electron chi connectivity index (χ3n) is 5.26. The van der Waals surface area contributed by atoms with Gasteiger partial charge in [-0.3, -0.25) is 4.90 Å². The van der Waals surface area contributed by atoms with E-state index in [-0.39, 0.29) is 17.5 Å². The van der Waals surface area contributed by atoms with E-state index in [1.54, 1.807) is 0 Å². The highest BCUT2D eigenvalue weighted by Crippen LogP contribution is 2.39. The van der Waals surface area contributed by atoms with Crippen LogP contribution in [0.5, 0.6) is 0 Å². The van der Waals surface area contributed by atoms with Crippen LogP contribution in [0.25, 0.3) is 0 Å². The fraction of sp³-hybridized carbons (Fsp3) is 1.00. The highest BCUT2D eigenvalue weighted by Gasteiger charge is 2.46. The Morgan fingerprint density at radius 1 is 1.20 bits per heavy atom. The summed E-state index contributed by atoms with van der Waals surface area (Å²) in [6.07, 6.45) is 1.24. The normalized spacial score (nSPS) is 31.1. The van der Waals surface area contributed by atoms with Crippen LogP contribution in [0.4, 0.5) is 13.2 Å². The Bertz CT molecular complexity index is 324. The average Bonchev–Trinajstić information content (AvgIpc) is 2.83. The highest BCUT2D eigenvalue weighted by molar-refractivity contribution is 5.05. The van der Waals surface area contributed by atoms with Crippen molar-refractivity contribution in [3.05, 3.63) is 0 Å². The third-order valence-corrected chi connectivity index (χ3v) is 5.26. The van der Waals surface area contributed by atoms with Gasteiger partial charge in [-0.05, 0) is 39.2 Å². The van der Waals surface area contributed by atoms with Crippen molar-refractivity contribution in [2.24, 2.45) is 0 Å². The van der Waals surface area contributed by atoms with Crippen molar-refractivity contribution >= 4 is 0 Å². The molecule has 1 saturated carbocycles. The Hall–Kier alpha value is -0.290. The van der Waals surface area contributed by atoms with Crippen LogP contribution in [0.15, 0.2) is 0 Å². The second-order valence-electron chi connectivity index (χ2n) is 6.84.